The zero-order valence-electron chi connectivity index (χ0n) is 23.8. The molecule has 0 radical (unpaired) electrons. The van der Waals surface area contributed by atoms with Crippen LogP contribution in [0.4, 0.5) is 9.59 Å². The molecule has 11 nitrogen and oxygen atoms in total. The number of sulfonamides is 1. The Bertz CT molecular complexity index is 1420. The van der Waals surface area contributed by atoms with E-state index in [0.29, 0.717) is 31.0 Å². The van der Waals surface area contributed by atoms with E-state index in [1.165, 1.54) is 10.4 Å². The Kier molecular flexibility index (Phi) is 9.05. The number of fused-ring (bicyclic) bond motifs is 1. The zero-order valence-corrected chi connectivity index (χ0v) is 25.4. The number of halogens is 1. The number of piperidine rings is 1. The lowest BCUT2D eigenvalue weighted by Crippen LogP contribution is -2.64. The van der Waals surface area contributed by atoms with Gasteiger partial charge in [0.15, 0.2) is 0 Å². The van der Waals surface area contributed by atoms with Crippen LogP contribution in [0.5, 0.6) is 0 Å². The van der Waals surface area contributed by atoms with E-state index in [1.807, 2.05) is 0 Å². The average Bonchev–Trinajstić information content (AvgIpc) is 2.89. The minimum atomic E-state index is -3.92. The summed E-state index contributed by atoms with van der Waals surface area (Å²) < 4.78 is 38.6. The first-order valence-corrected chi connectivity index (χ1v) is 15.4. The zero-order chi connectivity index (χ0) is 30.0. The molecule has 0 aromatic heterocycles. The van der Waals surface area contributed by atoms with E-state index in [9.17, 15) is 22.8 Å². The predicted molar refractivity (Wildman–Crippen MR) is 154 cm³/mol. The van der Waals surface area contributed by atoms with Crippen LogP contribution in [0.15, 0.2) is 41.3 Å². The summed E-state index contributed by atoms with van der Waals surface area (Å²) in [4.78, 5) is 41.6. The molecular weight excluding hydrogens is 572 g/mol. The number of benzene rings is 2. The smallest absolute Gasteiger partial charge is 0.410 e. The molecule has 224 valence electrons. The number of alkyl carbamates (subject to hydrolysis) is 1. The number of nitrogens with one attached hydrogen (secondary N) is 1. The van der Waals surface area contributed by atoms with Gasteiger partial charge in [-0.1, -0.05) is 23.7 Å². The number of hydrogen-bond donors (Lipinski definition) is 1. The van der Waals surface area contributed by atoms with Gasteiger partial charge in [0.05, 0.1) is 23.6 Å². The van der Waals surface area contributed by atoms with Crippen LogP contribution in [-0.2, 0) is 24.3 Å². The second-order valence-corrected chi connectivity index (χ2v) is 13.8. The Morgan fingerprint density at radius 2 is 1.68 bits per heavy atom. The molecule has 0 bridgehead atoms. The number of likely N-dealkylation sites (tertiary alicyclic amines) is 1. The molecule has 2 aromatic carbocycles. The summed E-state index contributed by atoms with van der Waals surface area (Å²) in [6.45, 7) is 8.00. The van der Waals surface area contributed by atoms with Crippen molar-refractivity contribution in [1.29, 1.82) is 0 Å². The fourth-order valence-electron chi connectivity index (χ4n) is 5.08. The molecule has 0 spiro atoms. The maximum Gasteiger partial charge on any atom is 0.410 e. The minimum absolute atomic E-state index is 0.100. The Labute approximate surface area is 245 Å². The Morgan fingerprint density at radius 1 is 1.02 bits per heavy atom. The second kappa shape index (κ2) is 12.0. The van der Waals surface area contributed by atoms with Crippen molar-refractivity contribution in [1.82, 2.24) is 19.4 Å². The molecule has 0 aliphatic carbocycles. The Morgan fingerprint density at radius 3 is 2.32 bits per heavy atom. The number of carbonyl (C=O) groups is 3. The van der Waals surface area contributed by atoms with E-state index in [0.717, 1.165) is 10.8 Å². The molecule has 41 heavy (non-hydrogen) atoms. The van der Waals surface area contributed by atoms with Crippen LogP contribution in [0.3, 0.4) is 0 Å². The van der Waals surface area contributed by atoms with Crippen molar-refractivity contribution < 1.29 is 32.3 Å². The Balaban J connectivity index is 1.45. The van der Waals surface area contributed by atoms with Crippen LogP contribution in [0.25, 0.3) is 10.8 Å². The first kappa shape index (κ1) is 30.9. The van der Waals surface area contributed by atoms with Crippen LogP contribution in [0, 0.1) is 0 Å². The second-order valence-electron chi connectivity index (χ2n) is 11.4. The molecule has 0 atom stereocenters. The van der Waals surface area contributed by atoms with Gasteiger partial charge in [0, 0.05) is 37.7 Å². The summed E-state index contributed by atoms with van der Waals surface area (Å²) in [7, 11) is -3.92. The first-order valence-electron chi connectivity index (χ1n) is 13.6. The quantitative estimate of drug-likeness (QED) is 0.528. The molecule has 2 heterocycles. The van der Waals surface area contributed by atoms with Crippen molar-refractivity contribution >= 4 is 50.5 Å². The lowest BCUT2D eigenvalue weighted by atomic mass is 9.86. The van der Waals surface area contributed by atoms with Gasteiger partial charge in [0.25, 0.3) is 0 Å². The third kappa shape index (κ3) is 7.41. The van der Waals surface area contributed by atoms with Gasteiger partial charge < -0.3 is 24.6 Å². The number of amides is 3. The highest BCUT2D eigenvalue weighted by molar-refractivity contribution is 7.89. The molecule has 2 fully saturated rings. The molecule has 4 rings (SSSR count). The van der Waals surface area contributed by atoms with Gasteiger partial charge in [-0.05, 0) is 75.6 Å². The number of nitrogens with zero attached hydrogens (tertiary/aromatic N) is 3. The lowest BCUT2D eigenvalue weighted by molar-refractivity contribution is -0.135. The van der Waals surface area contributed by atoms with Crippen molar-refractivity contribution in [2.45, 2.75) is 56.6 Å². The maximum atomic E-state index is 13.4. The maximum absolute atomic E-state index is 13.4. The first-order chi connectivity index (χ1) is 19.2. The SMILES string of the molecule is CCOC(=O)NC1(CN2CCN(S(=O)(=O)c3ccc4cc(Cl)ccc4c3)CC2=O)CCN(C(=O)OC(C)(C)C)CC1. The minimum Gasteiger partial charge on any atom is -0.450 e. The third-order valence-electron chi connectivity index (χ3n) is 7.20. The molecule has 2 aromatic rings. The van der Waals surface area contributed by atoms with Crippen LogP contribution in [0.1, 0.15) is 40.5 Å². The highest BCUT2D eigenvalue weighted by Gasteiger charge is 2.43. The highest BCUT2D eigenvalue weighted by atomic mass is 35.5. The lowest BCUT2D eigenvalue weighted by Gasteiger charge is -2.45. The molecule has 0 saturated carbocycles. The number of hydrogen-bond acceptors (Lipinski definition) is 7. The summed E-state index contributed by atoms with van der Waals surface area (Å²) in [5.74, 6) is -0.369. The third-order valence-corrected chi connectivity index (χ3v) is 9.28. The highest BCUT2D eigenvalue weighted by Crippen LogP contribution is 2.28. The summed E-state index contributed by atoms with van der Waals surface area (Å²) in [6, 6.07) is 10.00. The van der Waals surface area contributed by atoms with E-state index >= 15 is 0 Å². The number of rotatable bonds is 6. The van der Waals surface area contributed by atoms with E-state index < -0.39 is 33.3 Å². The number of carbonyl (C=O) groups excluding carboxylic acids is 3. The van der Waals surface area contributed by atoms with Crippen LogP contribution >= 0.6 is 11.6 Å². The number of piperazine rings is 1. The van der Waals surface area contributed by atoms with Gasteiger partial charge in [-0.3, -0.25) is 4.79 Å². The molecule has 1 N–H and O–H groups in total. The van der Waals surface area contributed by atoms with Crippen LogP contribution in [-0.4, -0.2) is 97.6 Å². The van der Waals surface area contributed by atoms with Gasteiger partial charge in [0.1, 0.15) is 5.60 Å². The fourth-order valence-corrected chi connectivity index (χ4v) is 6.68. The summed E-state index contributed by atoms with van der Waals surface area (Å²) in [5.41, 5.74) is -1.48. The van der Waals surface area contributed by atoms with E-state index in [2.05, 4.69) is 5.32 Å². The topological polar surface area (TPSA) is 126 Å². The number of ether oxygens (including phenoxy) is 2. The molecule has 0 unspecified atom stereocenters. The standard InChI is InChI=1S/C28H37ClN4O7S/c1-5-39-25(35)30-28(10-12-31(13-11-28)26(36)40-27(2,3)4)19-32-14-15-33(18-24(32)34)41(37,38)23-9-7-20-16-22(29)8-6-21(20)17-23/h6-9,16-17H,5,10-15,18-19H2,1-4H3,(H,30,35). The molecule has 13 heteroatoms. The van der Waals surface area contributed by atoms with Crippen molar-refractivity contribution in [2.24, 2.45) is 0 Å². The van der Waals surface area contributed by atoms with Gasteiger partial charge in [-0.25, -0.2) is 18.0 Å². The van der Waals surface area contributed by atoms with Crippen molar-refractivity contribution in [3.8, 4) is 0 Å². The van der Waals surface area contributed by atoms with Gasteiger partial charge in [0.2, 0.25) is 15.9 Å². The van der Waals surface area contributed by atoms with E-state index in [1.54, 1.807) is 67.8 Å². The van der Waals surface area contributed by atoms with Gasteiger partial charge >= 0.3 is 12.2 Å². The average molecular weight is 609 g/mol. The normalized spacial score (nSPS) is 18.3. The molecule has 3 amide bonds. The van der Waals surface area contributed by atoms with Crippen molar-refractivity contribution in [3.63, 3.8) is 0 Å². The van der Waals surface area contributed by atoms with Crippen molar-refractivity contribution in [2.75, 3.05) is 45.9 Å². The predicted octanol–water partition coefficient (Wildman–Crippen LogP) is 3.84. The van der Waals surface area contributed by atoms with E-state index in [4.69, 9.17) is 21.1 Å². The largest absolute Gasteiger partial charge is 0.450 e. The summed E-state index contributed by atoms with van der Waals surface area (Å²) in [6.07, 6.45) is -0.297. The van der Waals surface area contributed by atoms with Gasteiger partial charge in [-0.2, -0.15) is 4.31 Å². The monoisotopic (exact) mass is 608 g/mol. The molecule has 2 saturated heterocycles. The fraction of sp³-hybridized carbons (Fsp3) is 0.536. The summed E-state index contributed by atoms with van der Waals surface area (Å²) >= 11 is 6.05. The molecule has 2 aliphatic heterocycles. The van der Waals surface area contributed by atoms with E-state index in [-0.39, 0.29) is 43.6 Å². The van der Waals surface area contributed by atoms with Crippen LogP contribution < -0.4 is 5.32 Å². The van der Waals surface area contributed by atoms with Crippen LogP contribution in [0.2, 0.25) is 5.02 Å². The van der Waals surface area contributed by atoms with Gasteiger partial charge in [-0.15, -0.1) is 0 Å². The summed E-state index contributed by atoms with van der Waals surface area (Å²) in [5, 5.41) is 5.02. The van der Waals surface area contributed by atoms with Crippen molar-refractivity contribution in [3.05, 3.63) is 41.4 Å². The Hall–Kier alpha value is -3.09. The molecular formula is C28H37ClN4O7S. The molecule has 2 aliphatic rings.